The zero-order valence-corrected chi connectivity index (χ0v) is 19.8. The molecular formula is C22H27ClFN3O4S. The fourth-order valence-electron chi connectivity index (χ4n) is 3.06. The van der Waals surface area contributed by atoms with Gasteiger partial charge in [0.05, 0.1) is 11.9 Å². The third-order valence-electron chi connectivity index (χ3n) is 4.73. The maximum Gasteiger partial charge on any atom is 0.244 e. The summed E-state index contributed by atoms with van der Waals surface area (Å²) in [6.45, 7) is 3.37. The summed E-state index contributed by atoms with van der Waals surface area (Å²) in [7, 11) is -3.91. The summed E-state index contributed by atoms with van der Waals surface area (Å²) < 4.78 is 39.3. The van der Waals surface area contributed by atoms with E-state index in [0.29, 0.717) is 17.1 Å². The van der Waals surface area contributed by atoms with Gasteiger partial charge in [-0.2, -0.15) is 0 Å². The van der Waals surface area contributed by atoms with Crippen LogP contribution in [-0.2, 0) is 26.2 Å². The number of carbonyl (C=O) groups is 2. The first-order chi connectivity index (χ1) is 15.0. The van der Waals surface area contributed by atoms with E-state index in [1.54, 1.807) is 31.2 Å². The van der Waals surface area contributed by atoms with Crippen molar-refractivity contribution in [1.82, 2.24) is 10.2 Å². The molecule has 10 heteroatoms. The molecule has 1 atom stereocenters. The van der Waals surface area contributed by atoms with Crippen LogP contribution in [0.2, 0.25) is 5.02 Å². The summed E-state index contributed by atoms with van der Waals surface area (Å²) in [4.78, 5) is 27.2. The number of anilines is 1. The van der Waals surface area contributed by atoms with Crippen LogP contribution in [0.5, 0.6) is 0 Å². The lowest BCUT2D eigenvalue weighted by atomic mass is 10.1. The van der Waals surface area contributed by atoms with Crippen LogP contribution in [0.25, 0.3) is 0 Å². The molecule has 2 amide bonds. The average Bonchev–Trinajstić information content (AvgIpc) is 2.72. The quantitative estimate of drug-likeness (QED) is 0.562. The second kappa shape index (κ2) is 11.3. The van der Waals surface area contributed by atoms with Crippen LogP contribution >= 0.6 is 11.6 Å². The van der Waals surface area contributed by atoms with Crippen LogP contribution < -0.4 is 9.62 Å². The minimum atomic E-state index is -3.91. The maximum absolute atomic E-state index is 13.7. The predicted molar refractivity (Wildman–Crippen MR) is 123 cm³/mol. The molecule has 32 heavy (non-hydrogen) atoms. The number of benzene rings is 2. The number of halogens is 2. The van der Waals surface area contributed by atoms with E-state index in [-0.39, 0.29) is 18.1 Å². The molecule has 0 aliphatic carbocycles. The molecule has 0 bridgehead atoms. The summed E-state index contributed by atoms with van der Waals surface area (Å²) in [6.07, 6.45) is 1.66. The number of nitrogens with one attached hydrogen (secondary N) is 1. The van der Waals surface area contributed by atoms with Gasteiger partial charge in [-0.25, -0.2) is 12.8 Å². The van der Waals surface area contributed by atoms with Gasteiger partial charge < -0.3 is 10.2 Å². The lowest BCUT2D eigenvalue weighted by Gasteiger charge is -2.31. The molecule has 0 aliphatic heterocycles. The molecular weight excluding hydrogens is 457 g/mol. The van der Waals surface area contributed by atoms with Crippen molar-refractivity contribution in [3.05, 3.63) is 64.9 Å². The summed E-state index contributed by atoms with van der Waals surface area (Å²) in [6, 6.07) is 10.9. The van der Waals surface area contributed by atoms with E-state index in [1.807, 2.05) is 6.92 Å². The first-order valence-corrected chi connectivity index (χ1v) is 12.3. The number of hydrogen-bond donors (Lipinski definition) is 1. The van der Waals surface area contributed by atoms with Crippen molar-refractivity contribution in [1.29, 1.82) is 0 Å². The Labute approximate surface area is 193 Å². The van der Waals surface area contributed by atoms with Crippen LogP contribution in [0.3, 0.4) is 0 Å². The first kappa shape index (κ1) is 25.6. The Balaban J connectivity index is 2.37. The third kappa shape index (κ3) is 7.20. The predicted octanol–water partition coefficient (Wildman–Crippen LogP) is 3.19. The first-order valence-electron chi connectivity index (χ1n) is 10.1. The van der Waals surface area contributed by atoms with Crippen molar-refractivity contribution >= 4 is 39.1 Å². The summed E-state index contributed by atoms with van der Waals surface area (Å²) >= 11 is 6.05. The number of hydrogen-bond acceptors (Lipinski definition) is 4. The van der Waals surface area contributed by atoms with Crippen molar-refractivity contribution in [2.24, 2.45) is 0 Å². The molecule has 0 spiro atoms. The molecule has 0 fully saturated rings. The molecule has 2 rings (SSSR count). The van der Waals surface area contributed by atoms with Crippen LogP contribution in [-0.4, -0.2) is 50.5 Å². The van der Waals surface area contributed by atoms with Gasteiger partial charge in [0.25, 0.3) is 0 Å². The Morgan fingerprint density at radius 2 is 1.84 bits per heavy atom. The van der Waals surface area contributed by atoms with Gasteiger partial charge in [0.1, 0.15) is 18.4 Å². The largest absolute Gasteiger partial charge is 0.354 e. The van der Waals surface area contributed by atoms with Gasteiger partial charge in [0.15, 0.2) is 0 Å². The number of amides is 2. The lowest BCUT2D eigenvalue weighted by Crippen LogP contribution is -2.51. The zero-order valence-electron chi connectivity index (χ0n) is 18.2. The summed E-state index contributed by atoms with van der Waals surface area (Å²) in [5.74, 6) is -1.61. The monoisotopic (exact) mass is 483 g/mol. The molecule has 0 aromatic heterocycles. The van der Waals surface area contributed by atoms with Crippen LogP contribution in [0.4, 0.5) is 10.1 Å². The molecule has 174 valence electrons. The number of carbonyl (C=O) groups excluding carboxylic acids is 2. The Morgan fingerprint density at radius 1 is 1.16 bits per heavy atom. The number of rotatable bonds is 10. The molecule has 0 aliphatic rings. The normalized spacial score (nSPS) is 12.2. The molecule has 0 heterocycles. The van der Waals surface area contributed by atoms with E-state index in [9.17, 15) is 22.4 Å². The summed E-state index contributed by atoms with van der Waals surface area (Å²) in [5, 5.41) is 3.22. The van der Waals surface area contributed by atoms with E-state index in [0.717, 1.165) is 23.0 Å². The Hall–Kier alpha value is -2.65. The fraction of sp³-hybridized carbons (Fsp3) is 0.364. The Kier molecular flexibility index (Phi) is 9.03. The van der Waals surface area contributed by atoms with Crippen LogP contribution in [0.15, 0.2) is 48.5 Å². The number of sulfonamides is 1. The average molecular weight is 484 g/mol. The topological polar surface area (TPSA) is 86.8 Å². The van der Waals surface area contributed by atoms with Crippen molar-refractivity contribution in [2.75, 3.05) is 23.7 Å². The molecule has 0 unspecified atom stereocenters. The van der Waals surface area contributed by atoms with Crippen LogP contribution in [0.1, 0.15) is 25.8 Å². The minimum Gasteiger partial charge on any atom is -0.354 e. The third-order valence-corrected chi connectivity index (χ3v) is 6.11. The smallest absolute Gasteiger partial charge is 0.244 e. The molecule has 1 N–H and O–H groups in total. The van der Waals surface area contributed by atoms with Gasteiger partial charge in [0, 0.05) is 18.1 Å². The van der Waals surface area contributed by atoms with Crippen molar-refractivity contribution in [3.8, 4) is 0 Å². The molecule has 7 nitrogen and oxygen atoms in total. The highest BCUT2D eigenvalue weighted by atomic mass is 35.5. The standard InChI is InChI=1S/C22H27ClFN3O4S/c1-4-11-25-22(29)16(2)26(14-17-7-5-8-18(23)12-17)21(28)15-27(32(3,30)31)20-10-6-9-19(24)13-20/h5-10,12-13,16H,4,11,14-15H2,1-3H3,(H,25,29)/t16-/m0/s1. The molecule has 2 aromatic carbocycles. The molecule has 0 radical (unpaired) electrons. The van der Waals surface area contributed by atoms with Crippen molar-refractivity contribution < 1.29 is 22.4 Å². The van der Waals surface area contributed by atoms with Gasteiger partial charge >= 0.3 is 0 Å². The van der Waals surface area contributed by atoms with Crippen molar-refractivity contribution in [3.63, 3.8) is 0 Å². The molecule has 0 saturated heterocycles. The van der Waals surface area contributed by atoms with Gasteiger partial charge in [-0.15, -0.1) is 0 Å². The minimum absolute atomic E-state index is 0.0200. The van der Waals surface area contributed by atoms with Gasteiger partial charge in [-0.05, 0) is 49.2 Å². The molecule has 2 aromatic rings. The molecule has 0 saturated carbocycles. The summed E-state index contributed by atoms with van der Waals surface area (Å²) in [5.41, 5.74) is 0.698. The second-order valence-corrected chi connectivity index (χ2v) is 9.71. The SMILES string of the molecule is CCCNC(=O)[C@H](C)N(Cc1cccc(Cl)c1)C(=O)CN(c1cccc(F)c1)S(C)(=O)=O. The van der Waals surface area contributed by atoms with Crippen molar-refractivity contribution in [2.45, 2.75) is 32.9 Å². The zero-order chi connectivity index (χ0) is 23.9. The van der Waals surface area contributed by atoms with E-state index >= 15 is 0 Å². The highest BCUT2D eigenvalue weighted by Crippen LogP contribution is 2.20. The van der Waals surface area contributed by atoms with Crippen LogP contribution in [0, 0.1) is 5.82 Å². The highest BCUT2D eigenvalue weighted by Gasteiger charge is 2.30. The lowest BCUT2D eigenvalue weighted by molar-refractivity contribution is -0.139. The Morgan fingerprint density at radius 3 is 2.44 bits per heavy atom. The van der Waals surface area contributed by atoms with E-state index in [4.69, 9.17) is 11.6 Å². The number of nitrogens with zero attached hydrogens (tertiary/aromatic N) is 2. The van der Waals surface area contributed by atoms with Gasteiger partial charge in [0.2, 0.25) is 21.8 Å². The van der Waals surface area contributed by atoms with E-state index in [1.165, 1.54) is 23.1 Å². The highest BCUT2D eigenvalue weighted by molar-refractivity contribution is 7.92. The maximum atomic E-state index is 13.7. The van der Waals surface area contributed by atoms with Gasteiger partial charge in [-0.3, -0.25) is 13.9 Å². The Bertz CT molecular complexity index is 1060. The van der Waals surface area contributed by atoms with Gasteiger partial charge in [-0.1, -0.05) is 36.7 Å². The fourth-order valence-corrected chi connectivity index (χ4v) is 4.11. The second-order valence-electron chi connectivity index (χ2n) is 7.37. The van der Waals surface area contributed by atoms with E-state index < -0.39 is 34.3 Å². The van der Waals surface area contributed by atoms with E-state index in [2.05, 4.69) is 5.32 Å².